The van der Waals surface area contributed by atoms with Crippen molar-refractivity contribution >= 4 is 50.8 Å². The van der Waals surface area contributed by atoms with Crippen LogP contribution in [0.2, 0.25) is 0 Å². The monoisotopic (exact) mass is 550 g/mol. The van der Waals surface area contributed by atoms with Crippen LogP contribution in [0.3, 0.4) is 0 Å². The molecule has 168 valence electrons. The summed E-state index contributed by atoms with van der Waals surface area (Å²) in [6.07, 6.45) is 5.64. The van der Waals surface area contributed by atoms with Crippen LogP contribution >= 0.6 is 22.6 Å². The van der Waals surface area contributed by atoms with Gasteiger partial charge >= 0.3 is 6.03 Å². The van der Waals surface area contributed by atoms with Gasteiger partial charge in [0.15, 0.2) is 0 Å². The number of pyridine rings is 1. The highest BCUT2D eigenvalue weighted by molar-refractivity contribution is 14.1. The van der Waals surface area contributed by atoms with Gasteiger partial charge in [0, 0.05) is 27.0 Å². The lowest BCUT2D eigenvalue weighted by Crippen LogP contribution is -2.20. The van der Waals surface area contributed by atoms with Gasteiger partial charge in [0.25, 0.3) is 0 Å². The van der Waals surface area contributed by atoms with Gasteiger partial charge in [-0.05, 0) is 115 Å². The second-order valence-corrected chi connectivity index (χ2v) is 9.40. The van der Waals surface area contributed by atoms with Gasteiger partial charge in [0.2, 0.25) is 0 Å². The molecule has 2 amide bonds. The first-order chi connectivity index (χ1) is 16.0. The van der Waals surface area contributed by atoms with Crippen LogP contribution < -0.4 is 10.6 Å². The summed E-state index contributed by atoms with van der Waals surface area (Å²) in [4.78, 5) is 19.1. The van der Waals surface area contributed by atoms with E-state index in [9.17, 15) is 4.79 Å². The molecule has 6 heteroatoms. The van der Waals surface area contributed by atoms with E-state index in [-0.39, 0.29) is 6.03 Å². The fraction of sp³-hybridized carbons (Fsp3) is 0.185. The van der Waals surface area contributed by atoms with E-state index < -0.39 is 0 Å². The van der Waals surface area contributed by atoms with E-state index in [0.29, 0.717) is 0 Å². The number of nitrogens with zero attached hydrogens (tertiary/aromatic N) is 2. The van der Waals surface area contributed by atoms with Gasteiger partial charge in [-0.25, -0.2) is 4.79 Å². The molecule has 0 spiro atoms. The number of aromatic nitrogens is 1. The van der Waals surface area contributed by atoms with Gasteiger partial charge in [-0.2, -0.15) is 0 Å². The molecule has 0 saturated heterocycles. The topological polar surface area (TPSA) is 57.3 Å². The molecule has 0 saturated carbocycles. The third-order valence-electron chi connectivity index (χ3n) is 5.52. The number of carbonyl (C=O) groups excluding carboxylic acids is 1. The predicted molar refractivity (Wildman–Crippen MR) is 146 cm³/mol. The number of benzene rings is 3. The maximum absolute atomic E-state index is 12.8. The molecule has 4 aromatic rings. The lowest BCUT2D eigenvalue weighted by atomic mass is 9.98. The van der Waals surface area contributed by atoms with Crippen molar-refractivity contribution in [1.82, 2.24) is 9.88 Å². The number of amides is 2. The number of halogens is 1. The van der Waals surface area contributed by atoms with Gasteiger partial charge in [0.1, 0.15) is 0 Å². The average Bonchev–Trinajstić information content (AvgIpc) is 2.81. The van der Waals surface area contributed by atoms with E-state index in [4.69, 9.17) is 0 Å². The molecule has 1 heterocycles. The van der Waals surface area contributed by atoms with E-state index in [0.717, 1.165) is 52.7 Å². The fourth-order valence-corrected chi connectivity index (χ4v) is 4.51. The fourth-order valence-electron chi connectivity index (χ4n) is 3.91. The number of fused-ring (bicyclic) bond motifs is 1. The van der Waals surface area contributed by atoms with Crippen molar-refractivity contribution in [3.8, 4) is 11.1 Å². The number of anilines is 2. The Morgan fingerprint density at radius 1 is 0.939 bits per heavy atom. The van der Waals surface area contributed by atoms with Crippen LogP contribution in [0, 0.1) is 3.57 Å². The first-order valence-electron chi connectivity index (χ1n) is 10.9. The average molecular weight is 550 g/mol. The summed E-state index contributed by atoms with van der Waals surface area (Å²) >= 11 is 2.36. The zero-order valence-corrected chi connectivity index (χ0v) is 21.0. The van der Waals surface area contributed by atoms with E-state index in [1.165, 1.54) is 9.13 Å². The molecular formula is C27H27IN4O. The molecule has 0 atom stereocenters. The molecule has 0 bridgehead atoms. The van der Waals surface area contributed by atoms with Crippen molar-refractivity contribution < 1.29 is 4.79 Å². The van der Waals surface area contributed by atoms with Crippen LogP contribution in [-0.2, 0) is 6.42 Å². The molecule has 0 aliphatic carbocycles. The quantitative estimate of drug-likeness (QED) is 0.254. The van der Waals surface area contributed by atoms with Crippen molar-refractivity contribution in [2.75, 3.05) is 31.3 Å². The Morgan fingerprint density at radius 3 is 2.45 bits per heavy atom. The van der Waals surface area contributed by atoms with Crippen molar-refractivity contribution in [3.05, 3.63) is 88.3 Å². The smallest absolute Gasteiger partial charge is 0.309 e. The summed E-state index contributed by atoms with van der Waals surface area (Å²) < 4.78 is 1.22. The second kappa shape index (κ2) is 10.8. The summed E-state index contributed by atoms with van der Waals surface area (Å²) in [5.74, 6) is 0. The zero-order chi connectivity index (χ0) is 23.2. The minimum Gasteiger partial charge on any atom is -0.309 e. The number of hydrogen-bond donors (Lipinski definition) is 2. The summed E-state index contributed by atoms with van der Waals surface area (Å²) in [6.45, 7) is 1.04. The second-order valence-electron chi connectivity index (χ2n) is 8.23. The molecule has 2 N–H and O–H groups in total. The predicted octanol–water partition coefficient (Wildman–Crippen LogP) is 6.64. The molecule has 0 fully saturated rings. The third-order valence-corrected chi connectivity index (χ3v) is 6.57. The van der Waals surface area contributed by atoms with E-state index >= 15 is 0 Å². The molecule has 0 radical (unpaired) electrons. The summed E-state index contributed by atoms with van der Waals surface area (Å²) in [5.41, 5.74) is 5.03. The minimum absolute atomic E-state index is 0.253. The Hall–Kier alpha value is -2.97. The highest BCUT2D eigenvalue weighted by Crippen LogP contribution is 2.33. The SMILES string of the molecule is CN(C)CCCc1cc(NC(=O)Nc2ccc(-c3ccncc3)c3ccccc23)ccc1I. The molecule has 4 rings (SSSR count). The minimum atomic E-state index is -0.253. The van der Waals surface area contributed by atoms with Gasteiger partial charge in [-0.1, -0.05) is 30.3 Å². The van der Waals surface area contributed by atoms with Crippen LogP contribution in [0.5, 0.6) is 0 Å². The van der Waals surface area contributed by atoms with E-state index in [1.807, 2.05) is 48.5 Å². The van der Waals surface area contributed by atoms with Crippen LogP contribution in [0.1, 0.15) is 12.0 Å². The van der Waals surface area contributed by atoms with E-state index in [2.05, 4.69) is 75.4 Å². The number of rotatable bonds is 7. The Bertz CT molecular complexity index is 1260. The Kier molecular flexibility index (Phi) is 7.57. The maximum Gasteiger partial charge on any atom is 0.323 e. The first kappa shape index (κ1) is 23.2. The Morgan fingerprint density at radius 2 is 1.70 bits per heavy atom. The van der Waals surface area contributed by atoms with Crippen molar-refractivity contribution in [3.63, 3.8) is 0 Å². The maximum atomic E-state index is 12.8. The molecule has 0 unspecified atom stereocenters. The highest BCUT2D eigenvalue weighted by Gasteiger charge is 2.11. The Labute approximate surface area is 208 Å². The molecule has 3 aromatic carbocycles. The number of urea groups is 1. The van der Waals surface area contributed by atoms with Crippen molar-refractivity contribution in [1.29, 1.82) is 0 Å². The zero-order valence-electron chi connectivity index (χ0n) is 18.8. The van der Waals surface area contributed by atoms with Crippen LogP contribution in [0.15, 0.2) is 79.1 Å². The normalized spacial score (nSPS) is 11.0. The number of nitrogens with one attached hydrogen (secondary N) is 2. The number of aryl methyl sites for hydroxylation is 1. The summed E-state index contributed by atoms with van der Waals surface area (Å²) in [5, 5.41) is 8.11. The standard InChI is InChI=1S/C27H27IN4O/c1-32(2)17-5-6-20-18-21(9-11-25(20)28)30-27(33)31-26-12-10-22(19-13-15-29-16-14-19)23-7-3-4-8-24(23)26/h3-4,7-16,18H,5-6,17H2,1-2H3,(H2,30,31,33). The van der Waals surface area contributed by atoms with Gasteiger partial charge in [0.05, 0.1) is 5.69 Å². The van der Waals surface area contributed by atoms with E-state index in [1.54, 1.807) is 12.4 Å². The summed E-state index contributed by atoms with van der Waals surface area (Å²) in [7, 11) is 4.17. The van der Waals surface area contributed by atoms with Crippen LogP contribution in [-0.4, -0.2) is 36.6 Å². The van der Waals surface area contributed by atoms with Crippen LogP contribution in [0.4, 0.5) is 16.2 Å². The molecule has 5 nitrogen and oxygen atoms in total. The number of hydrogen-bond acceptors (Lipinski definition) is 3. The molecule has 1 aromatic heterocycles. The summed E-state index contributed by atoms with van der Waals surface area (Å²) in [6, 6.07) is 21.9. The third kappa shape index (κ3) is 5.89. The van der Waals surface area contributed by atoms with Crippen molar-refractivity contribution in [2.24, 2.45) is 0 Å². The van der Waals surface area contributed by atoms with Gasteiger partial charge < -0.3 is 15.5 Å². The number of carbonyl (C=O) groups is 1. The van der Waals surface area contributed by atoms with Gasteiger partial charge in [-0.3, -0.25) is 4.98 Å². The molecule has 0 aliphatic rings. The molecule has 0 aliphatic heterocycles. The highest BCUT2D eigenvalue weighted by atomic mass is 127. The first-order valence-corrected chi connectivity index (χ1v) is 12.0. The van der Waals surface area contributed by atoms with Crippen LogP contribution in [0.25, 0.3) is 21.9 Å². The van der Waals surface area contributed by atoms with Gasteiger partial charge in [-0.15, -0.1) is 0 Å². The molecule has 33 heavy (non-hydrogen) atoms. The van der Waals surface area contributed by atoms with Crippen molar-refractivity contribution in [2.45, 2.75) is 12.8 Å². The molecular weight excluding hydrogens is 523 g/mol. The Balaban J connectivity index is 1.52. The largest absolute Gasteiger partial charge is 0.323 e. The lowest BCUT2D eigenvalue weighted by molar-refractivity contribution is 0.262. The lowest BCUT2D eigenvalue weighted by Gasteiger charge is -2.14.